The first kappa shape index (κ1) is 14.4. The van der Waals surface area contributed by atoms with Crippen LogP contribution < -0.4 is 5.32 Å². The van der Waals surface area contributed by atoms with Crippen LogP contribution in [0.2, 0.25) is 0 Å². The zero-order valence-corrected chi connectivity index (χ0v) is 10.5. The first-order valence-corrected chi connectivity index (χ1v) is 5.91. The van der Waals surface area contributed by atoms with E-state index in [1.54, 1.807) is 6.92 Å². The third-order valence-corrected chi connectivity index (χ3v) is 2.37. The van der Waals surface area contributed by atoms with Crippen molar-refractivity contribution >= 4 is 35.0 Å². The average molecular weight is 277 g/mol. The maximum Gasteiger partial charge on any atom is 0.364 e. The highest BCUT2D eigenvalue weighted by atomic mass is 35.5. The number of carbonyl (C=O) groups is 3. The quantitative estimate of drug-likeness (QED) is 0.235. The van der Waals surface area contributed by atoms with Gasteiger partial charge in [0, 0.05) is 13.0 Å². The number of ether oxygens (including phenoxy) is 1. The van der Waals surface area contributed by atoms with Gasteiger partial charge in [0.25, 0.3) is 5.91 Å². The molecule has 1 N–H and O–H groups in total. The minimum atomic E-state index is -0.915. The van der Waals surface area contributed by atoms with Gasteiger partial charge in [-0.05, 0) is 6.92 Å². The van der Waals surface area contributed by atoms with Crippen molar-refractivity contribution in [2.45, 2.75) is 19.4 Å². The predicted octanol–water partition coefficient (Wildman–Crippen LogP) is -0.381. The molecule has 1 amide bonds. The lowest BCUT2D eigenvalue weighted by molar-refractivity contribution is -0.137. The van der Waals surface area contributed by atoms with E-state index in [0.29, 0.717) is 13.0 Å². The van der Waals surface area contributed by atoms with Crippen LogP contribution in [0.3, 0.4) is 0 Å². The zero-order chi connectivity index (χ0) is 13.5. The second kappa shape index (κ2) is 6.95. The van der Waals surface area contributed by atoms with Crippen LogP contribution in [0.4, 0.5) is 0 Å². The van der Waals surface area contributed by atoms with Crippen molar-refractivity contribution in [2.75, 3.05) is 19.0 Å². The molecule has 0 unspecified atom stereocenters. The van der Waals surface area contributed by atoms with Gasteiger partial charge in [-0.25, -0.2) is 4.79 Å². The lowest BCUT2D eigenvalue weighted by atomic mass is 10.3. The monoisotopic (exact) mass is 276 g/mol. The topological polar surface area (TPSA) is 94.1 Å². The molecule has 0 saturated carbocycles. The summed E-state index contributed by atoms with van der Waals surface area (Å²) < 4.78 is 4.64. The van der Waals surface area contributed by atoms with E-state index in [1.165, 1.54) is 0 Å². The third kappa shape index (κ3) is 3.69. The van der Waals surface area contributed by atoms with E-state index in [-0.39, 0.29) is 12.5 Å². The van der Waals surface area contributed by atoms with Gasteiger partial charge in [-0.2, -0.15) is 0 Å². The van der Waals surface area contributed by atoms with Gasteiger partial charge in [-0.1, -0.05) is 5.16 Å². The Morgan fingerprint density at radius 1 is 1.56 bits per heavy atom. The highest BCUT2D eigenvalue weighted by Crippen LogP contribution is 2.06. The maximum absolute atomic E-state index is 11.4. The van der Waals surface area contributed by atoms with E-state index < -0.39 is 29.4 Å². The first-order valence-electron chi connectivity index (χ1n) is 5.38. The lowest BCUT2D eigenvalue weighted by Gasteiger charge is -2.06. The van der Waals surface area contributed by atoms with E-state index in [4.69, 9.17) is 16.4 Å². The van der Waals surface area contributed by atoms with Crippen molar-refractivity contribution in [2.24, 2.45) is 5.16 Å². The summed E-state index contributed by atoms with van der Waals surface area (Å²) in [6.45, 7) is 2.15. The number of carbonyl (C=O) groups excluding carboxylic acids is 3. The van der Waals surface area contributed by atoms with Crippen molar-refractivity contribution in [3.8, 4) is 0 Å². The Hall–Kier alpha value is -1.63. The van der Waals surface area contributed by atoms with Crippen molar-refractivity contribution in [1.29, 1.82) is 0 Å². The molecule has 0 aromatic rings. The second-order valence-electron chi connectivity index (χ2n) is 3.39. The molecular formula is C10H13ClN2O5. The molecule has 1 fully saturated rings. The van der Waals surface area contributed by atoms with Crippen molar-refractivity contribution in [3.05, 3.63) is 0 Å². The number of hydrogen-bond acceptors (Lipinski definition) is 6. The summed E-state index contributed by atoms with van der Waals surface area (Å²) in [6, 6.07) is 0. The Kier molecular flexibility index (Phi) is 5.57. The zero-order valence-electron chi connectivity index (χ0n) is 9.77. The highest BCUT2D eigenvalue weighted by molar-refractivity contribution is 6.67. The number of rotatable bonds is 6. The van der Waals surface area contributed by atoms with Crippen LogP contribution >= 0.6 is 11.6 Å². The predicted molar refractivity (Wildman–Crippen MR) is 62.3 cm³/mol. The van der Waals surface area contributed by atoms with E-state index >= 15 is 0 Å². The summed E-state index contributed by atoms with van der Waals surface area (Å²) in [5.74, 6) is -2.38. The molecule has 1 atom stereocenters. The first-order chi connectivity index (χ1) is 8.60. The van der Waals surface area contributed by atoms with Crippen LogP contribution in [0.5, 0.6) is 0 Å². The number of oxime groups is 1. The molecule has 7 nitrogen and oxygen atoms in total. The van der Waals surface area contributed by atoms with E-state index in [1.807, 2.05) is 0 Å². The largest absolute Gasteiger partial charge is 0.461 e. The number of ketones is 1. The number of Topliss-reactive ketones (excluding diaryl/α,β-unsaturated/α-hetero) is 1. The molecule has 1 rings (SSSR count). The van der Waals surface area contributed by atoms with Crippen molar-refractivity contribution in [3.63, 3.8) is 0 Å². The number of nitrogens with one attached hydrogen (secondary N) is 1. The molecule has 100 valence electrons. The Balaban J connectivity index is 2.72. The van der Waals surface area contributed by atoms with Crippen LogP contribution in [-0.2, 0) is 24.0 Å². The highest BCUT2D eigenvalue weighted by Gasteiger charge is 2.28. The lowest BCUT2D eigenvalue weighted by Crippen LogP contribution is -2.30. The van der Waals surface area contributed by atoms with Crippen molar-refractivity contribution in [1.82, 2.24) is 5.32 Å². The second-order valence-corrected chi connectivity index (χ2v) is 3.66. The molecular weight excluding hydrogens is 264 g/mol. The Labute approximate surface area is 108 Å². The normalized spacial score (nSPS) is 19.3. The fraction of sp³-hybridized carbons (Fsp3) is 0.600. The number of alkyl halides is 1. The summed E-state index contributed by atoms with van der Waals surface area (Å²) in [4.78, 5) is 38.8. The SMILES string of the molecule is CCOC(=O)/C(=N/O[C@H]1CCNC1=O)C(=O)CCl. The average Bonchev–Trinajstić information content (AvgIpc) is 2.75. The fourth-order valence-electron chi connectivity index (χ4n) is 1.25. The summed E-state index contributed by atoms with van der Waals surface area (Å²) in [5, 5.41) is 5.92. The maximum atomic E-state index is 11.4. The van der Waals surface area contributed by atoms with Gasteiger partial charge in [-0.3, -0.25) is 9.59 Å². The van der Waals surface area contributed by atoms with Crippen LogP contribution in [0, 0.1) is 0 Å². The summed E-state index contributed by atoms with van der Waals surface area (Å²) in [5.41, 5.74) is -0.536. The molecule has 8 heteroatoms. The molecule has 1 aliphatic rings. The Bertz CT molecular complexity index is 382. The molecule has 0 radical (unpaired) electrons. The van der Waals surface area contributed by atoms with Gasteiger partial charge >= 0.3 is 5.97 Å². The molecule has 0 aliphatic carbocycles. The van der Waals surface area contributed by atoms with Gasteiger partial charge < -0.3 is 14.9 Å². The fourth-order valence-corrected chi connectivity index (χ4v) is 1.38. The standard InChI is InChI=1S/C10H13ClN2O5/c1-2-17-10(16)8(6(14)5-11)13-18-7-3-4-12-9(7)15/h7H,2-5H2,1H3,(H,12,15)/b13-8+/t7-/m0/s1. The number of amides is 1. The van der Waals surface area contributed by atoms with Crippen molar-refractivity contribution < 1.29 is 24.0 Å². The Morgan fingerprint density at radius 3 is 2.78 bits per heavy atom. The van der Waals surface area contributed by atoms with E-state index in [0.717, 1.165) is 0 Å². The molecule has 1 aliphatic heterocycles. The van der Waals surface area contributed by atoms with E-state index in [9.17, 15) is 14.4 Å². The minimum Gasteiger partial charge on any atom is -0.461 e. The van der Waals surface area contributed by atoms with Crippen LogP contribution in [0.15, 0.2) is 5.16 Å². The minimum absolute atomic E-state index is 0.0946. The summed E-state index contributed by atoms with van der Waals surface area (Å²) >= 11 is 5.34. The molecule has 18 heavy (non-hydrogen) atoms. The molecule has 0 aromatic carbocycles. The van der Waals surface area contributed by atoms with Crippen LogP contribution in [0.1, 0.15) is 13.3 Å². The Morgan fingerprint density at radius 2 is 2.28 bits per heavy atom. The summed E-state index contributed by atoms with van der Waals surface area (Å²) in [7, 11) is 0. The van der Waals surface area contributed by atoms with Crippen LogP contribution in [0.25, 0.3) is 0 Å². The number of nitrogens with zero attached hydrogens (tertiary/aromatic N) is 1. The number of halogens is 1. The van der Waals surface area contributed by atoms with Gasteiger partial charge in [0.1, 0.15) is 0 Å². The van der Waals surface area contributed by atoms with Gasteiger partial charge in [0.2, 0.25) is 17.6 Å². The number of esters is 1. The van der Waals surface area contributed by atoms with Crippen LogP contribution in [-0.4, -0.2) is 48.5 Å². The molecule has 1 saturated heterocycles. The van der Waals surface area contributed by atoms with E-state index in [2.05, 4.69) is 15.2 Å². The third-order valence-electron chi connectivity index (χ3n) is 2.12. The molecule has 0 bridgehead atoms. The molecule has 0 aromatic heterocycles. The molecule has 0 spiro atoms. The van der Waals surface area contributed by atoms with Gasteiger partial charge in [0.15, 0.2) is 0 Å². The van der Waals surface area contributed by atoms with Gasteiger partial charge in [0.05, 0.1) is 12.5 Å². The smallest absolute Gasteiger partial charge is 0.364 e. The van der Waals surface area contributed by atoms with Gasteiger partial charge in [-0.15, -0.1) is 11.6 Å². The number of hydrogen-bond donors (Lipinski definition) is 1. The molecule has 1 heterocycles. The summed E-state index contributed by atoms with van der Waals surface area (Å²) in [6.07, 6.45) is -0.370.